The zero-order chi connectivity index (χ0) is 12.8. The summed E-state index contributed by atoms with van der Waals surface area (Å²) >= 11 is 0. The van der Waals surface area contributed by atoms with Gasteiger partial charge in [-0.1, -0.05) is 66.2 Å². The van der Waals surface area contributed by atoms with Gasteiger partial charge in [0.25, 0.3) is 0 Å². The molecular weight excluding hydrogens is 228 g/mol. The first-order valence-corrected chi connectivity index (χ1v) is 6.64. The molecule has 19 heavy (non-hydrogen) atoms. The third-order valence-electron chi connectivity index (χ3n) is 3.88. The van der Waals surface area contributed by atoms with E-state index in [9.17, 15) is 0 Å². The molecule has 0 spiro atoms. The van der Waals surface area contributed by atoms with Gasteiger partial charge in [-0.15, -0.1) is 0 Å². The number of rotatable bonds is 0. The highest BCUT2D eigenvalue weighted by Crippen LogP contribution is 2.33. The van der Waals surface area contributed by atoms with E-state index in [0.717, 1.165) is 0 Å². The molecule has 0 aliphatic rings. The number of fused-ring (bicyclic) bond motifs is 5. The smallest absolute Gasteiger partial charge is 0.00929 e. The van der Waals surface area contributed by atoms with Gasteiger partial charge >= 0.3 is 0 Å². The van der Waals surface area contributed by atoms with Crippen LogP contribution in [0.5, 0.6) is 0 Å². The van der Waals surface area contributed by atoms with Gasteiger partial charge in [0.05, 0.1) is 0 Å². The Balaban J connectivity index is 2.31. The Morgan fingerprint density at radius 3 is 2.32 bits per heavy atom. The highest BCUT2D eigenvalue weighted by Gasteiger charge is 2.05. The van der Waals surface area contributed by atoms with Crippen molar-refractivity contribution in [2.24, 2.45) is 0 Å². The minimum absolute atomic E-state index is 1.30. The SMILES string of the molecule is Cc1cccc2ccc3c4ccccc4cc3c2c1. The molecular formula is C19H14. The van der Waals surface area contributed by atoms with E-state index in [1.165, 1.54) is 37.9 Å². The van der Waals surface area contributed by atoms with Crippen molar-refractivity contribution in [1.29, 1.82) is 0 Å². The summed E-state index contributed by atoms with van der Waals surface area (Å²) in [6.07, 6.45) is 0. The monoisotopic (exact) mass is 242 g/mol. The van der Waals surface area contributed by atoms with Gasteiger partial charge in [0.15, 0.2) is 0 Å². The quantitative estimate of drug-likeness (QED) is 0.384. The van der Waals surface area contributed by atoms with Crippen molar-refractivity contribution in [1.82, 2.24) is 0 Å². The topological polar surface area (TPSA) is 0 Å². The first-order valence-electron chi connectivity index (χ1n) is 6.64. The lowest BCUT2D eigenvalue weighted by atomic mass is 10.1. The van der Waals surface area contributed by atoms with Crippen molar-refractivity contribution in [3.05, 3.63) is 72.3 Å². The summed E-state index contributed by atoms with van der Waals surface area (Å²) in [7, 11) is 0. The number of benzene rings is 2. The van der Waals surface area contributed by atoms with Crippen molar-refractivity contribution in [3.8, 4) is 0 Å². The molecule has 0 saturated heterocycles. The second kappa shape index (κ2) is 3.83. The summed E-state index contributed by atoms with van der Waals surface area (Å²) in [6, 6.07) is 24.2. The Kier molecular flexibility index (Phi) is 2.13. The van der Waals surface area contributed by atoms with Crippen LogP contribution in [0.2, 0.25) is 0 Å². The lowest BCUT2D eigenvalue weighted by Crippen LogP contribution is -1.70. The van der Waals surface area contributed by atoms with Gasteiger partial charge in [-0.05, 0) is 45.3 Å². The maximum atomic E-state index is 2.31. The Bertz CT molecular complexity index is 917. The van der Waals surface area contributed by atoms with Gasteiger partial charge in [0, 0.05) is 0 Å². The average Bonchev–Trinajstić information content (AvgIpc) is 2.69. The van der Waals surface area contributed by atoms with Crippen LogP contribution in [-0.4, -0.2) is 0 Å². The third-order valence-corrected chi connectivity index (χ3v) is 3.88. The molecule has 0 atom stereocenters. The third kappa shape index (κ3) is 1.53. The second-order valence-corrected chi connectivity index (χ2v) is 5.18. The number of hydrogen-bond acceptors (Lipinski definition) is 0. The first kappa shape index (κ1) is 10.6. The lowest BCUT2D eigenvalue weighted by Gasteiger charge is -1.97. The van der Waals surface area contributed by atoms with E-state index < -0.39 is 0 Å². The van der Waals surface area contributed by atoms with Gasteiger partial charge in [0.2, 0.25) is 0 Å². The molecule has 0 unspecified atom stereocenters. The molecule has 0 radical (unpaired) electrons. The molecule has 0 fully saturated rings. The molecule has 0 amide bonds. The van der Waals surface area contributed by atoms with Gasteiger partial charge in [-0.25, -0.2) is 0 Å². The molecule has 4 aromatic carbocycles. The van der Waals surface area contributed by atoms with Crippen molar-refractivity contribution in [2.45, 2.75) is 6.92 Å². The molecule has 0 aliphatic heterocycles. The Morgan fingerprint density at radius 1 is 0.526 bits per heavy atom. The van der Waals surface area contributed by atoms with Crippen LogP contribution in [0.15, 0.2) is 66.7 Å². The van der Waals surface area contributed by atoms with Crippen molar-refractivity contribution < 1.29 is 0 Å². The lowest BCUT2D eigenvalue weighted by molar-refractivity contribution is 1.53. The molecule has 90 valence electrons. The summed E-state index contributed by atoms with van der Waals surface area (Å²) in [5, 5.41) is 8.04. The molecule has 0 N–H and O–H groups in total. The van der Waals surface area contributed by atoms with Crippen molar-refractivity contribution in [2.75, 3.05) is 0 Å². The molecule has 0 heterocycles. The largest absolute Gasteiger partial charge is 0.0616 e. The molecule has 0 saturated carbocycles. The average molecular weight is 242 g/mol. The van der Waals surface area contributed by atoms with Gasteiger partial charge in [-0.3, -0.25) is 0 Å². The molecule has 0 aliphatic carbocycles. The second-order valence-electron chi connectivity index (χ2n) is 5.18. The van der Waals surface area contributed by atoms with Crippen LogP contribution < -0.4 is 0 Å². The zero-order valence-corrected chi connectivity index (χ0v) is 10.9. The number of hydrogen-bond donors (Lipinski definition) is 0. The Hall–Kier alpha value is -2.34. The van der Waals surface area contributed by atoms with Crippen molar-refractivity contribution in [3.63, 3.8) is 0 Å². The fraction of sp³-hybridized carbons (Fsp3) is 0.0526. The highest BCUT2D eigenvalue weighted by atomic mass is 14.1. The summed E-state index contributed by atoms with van der Waals surface area (Å²) in [5.74, 6) is 0. The normalized spacial score (nSPS) is 11.4. The van der Waals surface area contributed by atoms with E-state index in [2.05, 4.69) is 73.7 Å². The highest BCUT2D eigenvalue weighted by molar-refractivity contribution is 6.20. The molecule has 0 aromatic heterocycles. The van der Waals surface area contributed by atoms with Gasteiger partial charge in [0.1, 0.15) is 0 Å². The van der Waals surface area contributed by atoms with Crippen LogP contribution in [-0.2, 0) is 0 Å². The van der Waals surface area contributed by atoms with E-state index in [1.807, 2.05) is 0 Å². The maximum Gasteiger partial charge on any atom is -0.00929 e. The molecule has 4 aromatic rings. The summed E-state index contributed by atoms with van der Waals surface area (Å²) < 4.78 is 0. The Morgan fingerprint density at radius 2 is 1.37 bits per heavy atom. The van der Waals surface area contributed by atoms with Crippen LogP contribution in [0.3, 0.4) is 0 Å². The van der Waals surface area contributed by atoms with Gasteiger partial charge < -0.3 is 0 Å². The van der Waals surface area contributed by atoms with Crippen LogP contribution in [0, 0.1) is 6.92 Å². The summed E-state index contributed by atoms with van der Waals surface area (Å²) in [4.78, 5) is 0. The van der Waals surface area contributed by atoms with Crippen LogP contribution in [0.25, 0.3) is 32.3 Å². The predicted octanol–water partition coefficient (Wildman–Crippen LogP) is 5.45. The zero-order valence-electron chi connectivity index (χ0n) is 10.9. The van der Waals surface area contributed by atoms with E-state index in [-0.39, 0.29) is 0 Å². The minimum Gasteiger partial charge on any atom is -0.0616 e. The number of aryl methyl sites for hydroxylation is 1. The summed E-state index contributed by atoms with van der Waals surface area (Å²) in [5.41, 5.74) is 1.30. The van der Waals surface area contributed by atoms with E-state index in [4.69, 9.17) is 0 Å². The van der Waals surface area contributed by atoms with Crippen LogP contribution in [0.1, 0.15) is 5.56 Å². The predicted molar refractivity (Wildman–Crippen MR) is 83.7 cm³/mol. The molecule has 0 heteroatoms. The van der Waals surface area contributed by atoms with E-state index >= 15 is 0 Å². The summed E-state index contributed by atoms with van der Waals surface area (Å²) in [6.45, 7) is 2.15. The fourth-order valence-corrected chi connectivity index (χ4v) is 2.95. The fourth-order valence-electron chi connectivity index (χ4n) is 2.95. The van der Waals surface area contributed by atoms with E-state index in [0.29, 0.717) is 0 Å². The Labute approximate surface area is 112 Å². The van der Waals surface area contributed by atoms with Crippen LogP contribution in [0.4, 0.5) is 0 Å². The van der Waals surface area contributed by atoms with Gasteiger partial charge in [-0.2, -0.15) is 0 Å². The van der Waals surface area contributed by atoms with Crippen molar-refractivity contribution >= 4 is 32.3 Å². The molecule has 0 nitrogen and oxygen atoms in total. The maximum absolute atomic E-state index is 2.31. The van der Waals surface area contributed by atoms with Crippen LogP contribution >= 0.6 is 0 Å². The van der Waals surface area contributed by atoms with E-state index in [1.54, 1.807) is 0 Å². The minimum atomic E-state index is 1.30. The molecule has 0 bridgehead atoms. The standard InChI is InChI=1S/C19H14/c1-13-5-4-7-14-9-10-17-16-8-3-2-6-15(16)12-19(17)18(14)11-13/h2-12H,1H3. The molecule has 4 rings (SSSR count). The first-order chi connectivity index (χ1) is 9.33.